The van der Waals surface area contributed by atoms with Crippen molar-refractivity contribution in [3.63, 3.8) is 0 Å². The maximum absolute atomic E-state index is 13.0. The van der Waals surface area contributed by atoms with E-state index in [2.05, 4.69) is 40.4 Å². The smallest absolute Gasteiger partial charge is 0.251 e. The van der Waals surface area contributed by atoms with Crippen LogP contribution >= 0.6 is 23.1 Å². The first kappa shape index (κ1) is 20.2. The normalized spacial score (nSPS) is 24.5. The Bertz CT molecular complexity index is 1040. The Morgan fingerprint density at radius 2 is 2.17 bits per heavy atom. The van der Waals surface area contributed by atoms with Crippen LogP contribution in [0.15, 0.2) is 41.0 Å². The fourth-order valence-electron chi connectivity index (χ4n) is 4.78. The summed E-state index contributed by atoms with van der Waals surface area (Å²) in [5.74, 6) is 0.399. The average molecular weight is 447 g/mol. The molecular weight excluding hydrogens is 422 g/mol. The molecule has 3 aromatic rings. The summed E-state index contributed by atoms with van der Waals surface area (Å²) in [5.41, 5.74) is 6.20. The number of fused-ring (bicyclic) bond motifs is 2. The van der Waals surface area contributed by atoms with E-state index in [1.54, 1.807) is 11.3 Å². The van der Waals surface area contributed by atoms with Gasteiger partial charge in [-0.3, -0.25) is 4.90 Å². The van der Waals surface area contributed by atoms with E-state index in [-0.39, 0.29) is 12.6 Å². The van der Waals surface area contributed by atoms with Crippen LogP contribution in [-0.4, -0.2) is 45.7 Å². The van der Waals surface area contributed by atoms with Crippen LogP contribution in [0.3, 0.4) is 0 Å². The molecule has 158 valence electrons. The summed E-state index contributed by atoms with van der Waals surface area (Å²) in [6.45, 7) is 2.77. The predicted octanol–water partition coefficient (Wildman–Crippen LogP) is 5.82. The Balaban J connectivity index is 1.34. The minimum atomic E-state index is -2.27. The number of thiazole rings is 1. The van der Waals surface area contributed by atoms with Gasteiger partial charge in [-0.2, -0.15) is 0 Å². The lowest BCUT2D eigenvalue weighted by atomic mass is 9.85. The van der Waals surface area contributed by atoms with Gasteiger partial charge in [-0.1, -0.05) is 0 Å². The summed E-state index contributed by atoms with van der Waals surface area (Å²) >= 11 is 3.46. The van der Waals surface area contributed by atoms with E-state index in [9.17, 15) is 8.78 Å². The molecule has 0 bridgehead atoms. The number of nitrogens with one attached hydrogen (secondary N) is 1. The topological polar surface area (TPSA) is 41.1 Å². The van der Waals surface area contributed by atoms with Gasteiger partial charge in [-0.05, 0) is 62.9 Å². The summed E-state index contributed by atoms with van der Waals surface area (Å²) in [4.78, 5) is 11.0. The predicted molar refractivity (Wildman–Crippen MR) is 120 cm³/mol. The molecule has 0 saturated carbocycles. The minimum Gasteiger partial charge on any atom is -0.355 e. The number of anilines is 2. The Kier molecular flexibility index (Phi) is 5.64. The first-order chi connectivity index (χ1) is 14.6. The minimum absolute atomic E-state index is 0.119. The highest BCUT2D eigenvalue weighted by Crippen LogP contribution is 2.46. The number of nitrogens with zero attached hydrogens (tertiary/aromatic N) is 3. The molecule has 2 aliphatic heterocycles. The molecule has 1 unspecified atom stereocenters. The molecule has 4 nitrogen and oxygen atoms in total. The first-order valence-electron chi connectivity index (χ1n) is 10.4. The van der Waals surface area contributed by atoms with Crippen molar-refractivity contribution < 1.29 is 8.78 Å². The molecule has 0 aliphatic carbocycles. The summed E-state index contributed by atoms with van der Waals surface area (Å²) in [6.07, 6.45) is 2.59. The van der Waals surface area contributed by atoms with E-state index >= 15 is 0 Å². The third-order valence-corrected chi connectivity index (χ3v) is 8.53. The monoisotopic (exact) mass is 446 g/mol. The van der Waals surface area contributed by atoms with Crippen molar-refractivity contribution in [1.29, 1.82) is 0 Å². The van der Waals surface area contributed by atoms with Gasteiger partial charge in [0.2, 0.25) is 0 Å². The molecule has 1 saturated heterocycles. The third kappa shape index (κ3) is 3.92. The number of hydrogen-bond acceptors (Lipinski definition) is 6. The fraction of sp³-hybridized carbons (Fsp3) is 0.455. The zero-order valence-corrected chi connectivity index (χ0v) is 18.4. The van der Waals surface area contributed by atoms with E-state index in [0.29, 0.717) is 11.2 Å². The van der Waals surface area contributed by atoms with Crippen molar-refractivity contribution in [3.05, 3.63) is 41.5 Å². The van der Waals surface area contributed by atoms with Crippen molar-refractivity contribution in [2.75, 3.05) is 18.4 Å². The Morgan fingerprint density at radius 1 is 1.27 bits per heavy atom. The van der Waals surface area contributed by atoms with Gasteiger partial charge in [0, 0.05) is 34.4 Å². The van der Waals surface area contributed by atoms with Crippen LogP contribution in [0, 0.1) is 5.92 Å². The van der Waals surface area contributed by atoms with Crippen molar-refractivity contribution in [2.24, 2.45) is 5.92 Å². The van der Waals surface area contributed by atoms with Gasteiger partial charge in [-0.15, -0.1) is 23.1 Å². The number of alkyl halides is 2. The van der Waals surface area contributed by atoms with Gasteiger partial charge in [0.25, 0.3) is 6.43 Å². The molecule has 30 heavy (non-hydrogen) atoms. The van der Waals surface area contributed by atoms with Gasteiger partial charge in [-0.25, -0.2) is 18.7 Å². The molecule has 4 heterocycles. The van der Waals surface area contributed by atoms with E-state index in [1.165, 1.54) is 10.3 Å². The molecule has 1 fully saturated rings. The number of rotatable bonds is 5. The second-order valence-corrected chi connectivity index (χ2v) is 10.2. The van der Waals surface area contributed by atoms with Gasteiger partial charge >= 0.3 is 0 Å². The lowest BCUT2D eigenvalue weighted by molar-refractivity contribution is 0.0318. The maximum atomic E-state index is 13.0. The van der Waals surface area contributed by atoms with E-state index in [4.69, 9.17) is 0 Å². The number of aromatic nitrogens is 2. The summed E-state index contributed by atoms with van der Waals surface area (Å²) in [7, 11) is 0. The standard InChI is InChI=1S/C22H24F2N4S2/c1-13-15(3-2-8-28(13)11-21(23)24)20-10-16-17(6-7-25-22(16)30-20)27-14-4-5-19-18(9-14)26-12-29-19/h4-7,9,12-13,15,20-21H,2-3,8,10-11H2,1H3,(H,25,27)/t13-,15+,20?/m0/s1. The summed E-state index contributed by atoms with van der Waals surface area (Å²) < 4.78 is 27.1. The third-order valence-electron chi connectivity index (χ3n) is 6.32. The average Bonchev–Trinajstić information content (AvgIpc) is 3.36. The number of piperidine rings is 1. The molecule has 0 amide bonds. The molecule has 1 N–H and O–H groups in total. The summed E-state index contributed by atoms with van der Waals surface area (Å²) in [5, 5.41) is 5.01. The fourth-order valence-corrected chi connectivity index (χ4v) is 6.97. The molecule has 2 aromatic heterocycles. The molecule has 3 atom stereocenters. The van der Waals surface area contributed by atoms with Crippen LogP contribution in [0.4, 0.5) is 20.2 Å². The second kappa shape index (κ2) is 8.40. The number of hydrogen-bond donors (Lipinski definition) is 1. The highest BCUT2D eigenvalue weighted by atomic mass is 32.2. The number of benzene rings is 1. The van der Waals surface area contributed by atoms with Crippen LogP contribution in [0.1, 0.15) is 25.3 Å². The Hall–Kier alpha value is -1.77. The number of thioether (sulfide) groups is 1. The number of halogens is 2. The molecule has 1 aromatic carbocycles. The van der Waals surface area contributed by atoms with Crippen molar-refractivity contribution in [3.8, 4) is 0 Å². The van der Waals surface area contributed by atoms with Crippen molar-refractivity contribution in [2.45, 2.75) is 48.9 Å². The van der Waals surface area contributed by atoms with Crippen LogP contribution < -0.4 is 5.32 Å². The zero-order valence-electron chi connectivity index (χ0n) is 16.7. The molecule has 2 aliphatic rings. The van der Waals surface area contributed by atoms with Crippen LogP contribution in [0.25, 0.3) is 10.2 Å². The lowest BCUT2D eigenvalue weighted by Gasteiger charge is -2.41. The first-order valence-corrected chi connectivity index (χ1v) is 12.1. The molecule has 8 heteroatoms. The number of pyridine rings is 1. The highest BCUT2D eigenvalue weighted by Gasteiger charge is 2.39. The lowest BCUT2D eigenvalue weighted by Crippen LogP contribution is -2.48. The second-order valence-electron chi connectivity index (χ2n) is 8.10. The van der Waals surface area contributed by atoms with Crippen molar-refractivity contribution >= 4 is 44.7 Å². The molecule has 5 rings (SSSR count). The highest BCUT2D eigenvalue weighted by molar-refractivity contribution is 8.00. The number of likely N-dealkylation sites (tertiary alicyclic amines) is 1. The van der Waals surface area contributed by atoms with Crippen LogP contribution in [-0.2, 0) is 6.42 Å². The van der Waals surface area contributed by atoms with Gasteiger partial charge in [0.05, 0.1) is 22.3 Å². The largest absolute Gasteiger partial charge is 0.355 e. The maximum Gasteiger partial charge on any atom is 0.251 e. The molecule has 0 spiro atoms. The van der Waals surface area contributed by atoms with Gasteiger partial charge in [0.1, 0.15) is 5.03 Å². The molecule has 0 radical (unpaired) electrons. The van der Waals surface area contributed by atoms with Crippen molar-refractivity contribution in [1.82, 2.24) is 14.9 Å². The van der Waals surface area contributed by atoms with Crippen LogP contribution in [0.5, 0.6) is 0 Å². The van der Waals surface area contributed by atoms with Crippen LogP contribution in [0.2, 0.25) is 0 Å². The Morgan fingerprint density at radius 3 is 3.03 bits per heavy atom. The van der Waals surface area contributed by atoms with E-state index in [0.717, 1.165) is 47.7 Å². The zero-order chi connectivity index (χ0) is 20.7. The van der Waals surface area contributed by atoms with E-state index in [1.807, 2.05) is 34.4 Å². The molecular formula is C22H24F2N4S2. The quantitative estimate of drug-likeness (QED) is 0.535. The Labute approximate surface area is 183 Å². The van der Waals surface area contributed by atoms with Gasteiger partial charge in [0.15, 0.2) is 0 Å². The van der Waals surface area contributed by atoms with Gasteiger partial charge < -0.3 is 5.32 Å². The summed E-state index contributed by atoms with van der Waals surface area (Å²) in [6, 6.07) is 8.45. The van der Waals surface area contributed by atoms with E-state index < -0.39 is 6.43 Å². The SMILES string of the molecule is C[C@H]1[C@H](C2Cc3c(Nc4ccc5scnc5c4)ccnc3S2)CCCN1CC(F)F.